The second kappa shape index (κ2) is 7.19. The molecular weight excluding hydrogens is 392 g/mol. The highest BCUT2D eigenvalue weighted by atomic mass is 35.5. The van der Waals surface area contributed by atoms with Gasteiger partial charge in [-0.15, -0.1) is 0 Å². The lowest BCUT2D eigenvalue weighted by atomic mass is 10.1. The van der Waals surface area contributed by atoms with Crippen molar-refractivity contribution in [3.63, 3.8) is 0 Å². The normalized spacial score (nSPS) is 15.8. The summed E-state index contributed by atoms with van der Waals surface area (Å²) in [6, 6.07) is 9.78. The predicted octanol–water partition coefficient (Wildman–Crippen LogP) is 5.27. The van der Waals surface area contributed by atoms with E-state index in [2.05, 4.69) is 0 Å². The van der Waals surface area contributed by atoms with Gasteiger partial charge in [0.25, 0.3) is 11.6 Å². The number of aryl methyl sites for hydroxylation is 2. The highest BCUT2D eigenvalue weighted by Gasteiger charge is 2.33. The Morgan fingerprint density at radius 1 is 1.19 bits per heavy atom. The SMILES string of the molecule is Cc1ccc(N2C(=O)/C(=C/c3cc([N+](=O)[O-])ccc3Cl)SC2=S)cc1C. The van der Waals surface area contributed by atoms with E-state index in [0.29, 0.717) is 25.5 Å². The minimum absolute atomic E-state index is 0.0923. The van der Waals surface area contributed by atoms with Crippen molar-refractivity contribution >= 4 is 63.3 Å². The molecule has 132 valence electrons. The fourth-order valence-electron chi connectivity index (χ4n) is 2.45. The molecule has 0 radical (unpaired) electrons. The lowest BCUT2D eigenvalue weighted by molar-refractivity contribution is -0.384. The van der Waals surface area contributed by atoms with Gasteiger partial charge < -0.3 is 0 Å². The van der Waals surface area contributed by atoms with Crippen molar-refractivity contribution in [2.45, 2.75) is 13.8 Å². The maximum Gasteiger partial charge on any atom is 0.270 e. The van der Waals surface area contributed by atoms with E-state index >= 15 is 0 Å². The number of rotatable bonds is 3. The summed E-state index contributed by atoms with van der Waals surface area (Å²) in [7, 11) is 0. The number of carbonyl (C=O) groups is 1. The summed E-state index contributed by atoms with van der Waals surface area (Å²) in [5, 5.41) is 11.3. The van der Waals surface area contributed by atoms with Crippen LogP contribution in [0, 0.1) is 24.0 Å². The molecule has 1 aliphatic heterocycles. The second-order valence-corrected chi connectivity index (χ2v) is 7.83. The molecule has 5 nitrogen and oxygen atoms in total. The Kier molecular flexibility index (Phi) is 5.13. The number of thiocarbonyl (C=S) groups is 1. The van der Waals surface area contributed by atoms with E-state index in [9.17, 15) is 14.9 Å². The first-order valence-electron chi connectivity index (χ1n) is 7.57. The molecular formula is C18H13ClN2O3S2. The van der Waals surface area contributed by atoms with Crippen molar-refractivity contribution in [1.82, 2.24) is 0 Å². The number of non-ortho nitro benzene ring substituents is 1. The molecule has 2 aromatic carbocycles. The van der Waals surface area contributed by atoms with Crippen molar-refractivity contribution in [3.05, 3.63) is 73.1 Å². The van der Waals surface area contributed by atoms with Crippen LogP contribution >= 0.6 is 35.6 Å². The van der Waals surface area contributed by atoms with Crippen LogP contribution < -0.4 is 4.90 Å². The number of anilines is 1. The smallest absolute Gasteiger partial charge is 0.268 e. The molecule has 0 bridgehead atoms. The number of hydrogen-bond acceptors (Lipinski definition) is 5. The van der Waals surface area contributed by atoms with Crippen molar-refractivity contribution in [2.75, 3.05) is 4.90 Å². The number of hydrogen-bond donors (Lipinski definition) is 0. The van der Waals surface area contributed by atoms with Crippen LogP contribution in [0.15, 0.2) is 41.3 Å². The summed E-state index contributed by atoms with van der Waals surface area (Å²) in [6.45, 7) is 3.96. The first-order chi connectivity index (χ1) is 12.3. The zero-order chi connectivity index (χ0) is 19.0. The standard InChI is InChI=1S/C18H13ClN2O3S2/c1-10-3-4-13(7-11(10)2)20-17(22)16(26-18(20)25)9-12-8-14(21(23)24)5-6-15(12)19/h3-9H,1-2H3/b16-9-. The molecule has 1 fully saturated rings. The molecule has 1 amide bonds. The van der Waals surface area contributed by atoms with Gasteiger partial charge >= 0.3 is 0 Å². The third-order valence-corrected chi connectivity index (χ3v) is 5.67. The van der Waals surface area contributed by atoms with E-state index in [0.717, 1.165) is 22.9 Å². The van der Waals surface area contributed by atoms with Gasteiger partial charge in [0.15, 0.2) is 4.32 Å². The molecule has 0 aromatic heterocycles. The molecule has 26 heavy (non-hydrogen) atoms. The summed E-state index contributed by atoms with van der Waals surface area (Å²) < 4.78 is 0.408. The maximum absolute atomic E-state index is 12.8. The number of nitro benzene ring substituents is 1. The molecule has 0 spiro atoms. The molecule has 1 heterocycles. The van der Waals surface area contributed by atoms with Crippen molar-refractivity contribution in [1.29, 1.82) is 0 Å². The fourth-order valence-corrected chi connectivity index (χ4v) is 3.91. The number of carbonyl (C=O) groups excluding carboxylic acids is 1. The summed E-state index contributed by atoms with van der Waals surface area (Å²) in [5.74, 6) is -0.272. The van der Waals surface area contributed by atoms with Gasteiger partial charge in [0.1, 0.15) is 0 Å². The van der Waals surface area contributed by atoms with Crippen LogP contribution in [0.3, 0.4) is 0 Å². The summed E-state index contributed by atoms with van der Waals surface area (Å²) in [4.78, 5) is 25.1. The molecule has 2 aromatic rings. The van der Waals surface area contributed by atoms with Gasteiger partial charge in [-0.2, -0.15) is 0 Å². The first kappa shape index (κ1) is 18.6. The van der Waals surface area contributed by atoms with E-state index in [1.807, 2.05) is 32.0 Å². The highest BCUT2D eigenvalue weighted by molar-refractivity contribution is 8.27. The predicted molar refractivity (Wildman–Crippen MR) is 110 cm³/mol. The topological polar surface area (TPSA) is 63.5 Å². The van der Waals surface area contributed by atoms with Gasteiger partial charge in [-0.05, 0) is 49.2 Å². The van der Waals surface area contributed by atoms with Crippen molar-refractivity contribution in [3.8, 4) is 0 Å². The van der Waals surface area contributed by atoms with E-state index in [-0.39, 0.29) is 11.6 Å². The van der Waals surface area contributed by atoms with Gasteiger partial charge in [0.05, 0.1) is 15.5 Å². The summed E-state index contributed by atoms with van der Waals surface area (Å²) in [6.07, 6.45) is 1.54. The maximum atomic E-state index is 12.8. The van der Waals surface area contributed by atoms with Crippen LogP contribution in [0.1, 0.15) is 16.7 Å². The Balaban J connectivity index is 1.98. The third kappa shape index (κ3) is 3.51. The lowest BCUT2D eigenvalue weighted by Crippen LogP contribution is -2.27. The summed E-state index contributed by atoms with van der Waals surface area (Å²) >= 11 is 12.6. The highest BCUT2D eigenvalue weighted by Crippen LogP contribution is 2.37. The zero-order valence-corrected chi connectivity index (χ0v) is 16.2. The van der Waals surface area contributed by atoms with E-state index < -0.39 is 4.92 Å². The van der Waals surface area contributed by atoms with Crippen LogP contribution in [0.2, 0.25) is 5.02 Å². The molecule has 3 rings (SSSR count). The van der Waals surface area contributed by atoms with Crippen LogP contribution in [-0.4, -0.2) is 15.2 Å². The average Bonchev–Trinajstić information content (AvgIpc) is 2.86. The van der Waals surface area contributed by atoms with Crippen LogP contribution in [0.25, 0.3) is 6.08 Å². The van der Waals surface area contributed by atoms with Gasteiger partial charge in [-0.3, -0.25) is 19.8 Å². The molecule has 0 aliphatic carbocycles. The van der Waals surface area contributed by atoms with Crippen molar-refractivity contribution < 1.29 is 9.72 Å². The molecule has 0 N–H and O–H groups in total. The number of nitrogens with zero attached hydrogens (tertiary/aromatic N) is 2. The Hall–Kier alpha value is -2.22. The van der Waals surface area contributed by atoms with Gasteiger partial charge in [0, 0.05) is 22.7 Å². The number of nitro groups is 1. The third-order valence-electron chi connectivity index (χ3n) is 4.02. The van der Waals surface area contributed by atoms with Crippen LogP contribution in [-0.2, 0) is 4.79 Å². The number of thioether (sulfide) groups is 1. The molecule has 1 aliphatic rings. The molecule has 0 unspecified atom stereocenters. The van der Waals surface area contributed by atoms with Crippen LogP contribution in [0.5, 0.6) is 0 Å². The van der Waals surface area contributed by atoms with E-state index in [1.54, 1.807) is 0 Å². The minimum Gasteiger partial charge on any atom is -0.268 e. The average molecular weight is 405 g/mol. The number of amides is 1. The molecule has 0 atom stereocenters. The Labute approximate surface area is 164 Å². The van der Waals surface area contributed by atoms with Gasteiger partial charge in [-0.25, -0.2) is 0 Å². The first-order valence-corrected chi connectivity index (χ1v) is 9.17. The molecule has 8 heteroatoms. The quantitative estimate of drug-likeness (QED) is 0.302. The Morgan fingerprint density at radius 2 is 1.92 bits per heavy atom. The number of benzene rings is 2. The van der Waals surface area contributed by atoms with E-state index in [4.69, 9.17) is 23.8 Å². The monoisotopic (exact) mass is 404 g/mol. The summed E-state index contributed by atoms with van der Waals surface area (Å²) in [5.41, 5.74) is 3.19. The molecule has 1 saturated heterocycles. The molecule has 0 saturated carbocycles. The fraction of sp³-hybridized carbons (Fsp3) is 0.111. The second-order valence-electron chi connectivity index (χ2n) is 5.75. The zero-order valence-electron chi connectivity index (χ0n) is 13.9. The van der Waals surface area contributed by atoms with Gasteiger partial charge in [0.2, 0.25) is 0 Å². The lowest BCUT2D eigenvalue weighted by Gasteiger charge is -2.15. The Morgan fingerprint density at radius 3 is 2.58 bits per heavy atom. The van der Waals surface area contributed by atoms with Crippen LogP contribution in [0.4, 0.5) is 11.4 Å². The minimum atomic E-state index is -0.506. The number of halogens is 1. The van der Waals surface area contributed by atoms with Crippen molar-refractivity contribution in [2.24, 2.45) is 0 Å². The van der Waals surface area contributed by atoms with E-state index in [1.165, 1.54) is 29.2 Å². The van der Waals surface area contributed by atoms with Gasteiger partial charge in [-0.1, -0.05) is 41.6 Å². The largest absolute Gasteiger partial charge is 0.270 e. The Bertz CT molecular complexity index is 988.